The Hall–Kier alpha value is -2.76. The molecule has 1 aliphatic heterocycles. The van der Waals surface area contributed by atoms with E-state index in [2.05, 4.69) is 11.0 Å². The minimum atomic E-state index is -1.02. The highest BCUT2D eigenvalue weighted by molar-refractivity contribution is 5.89. The fraction of sp³-hybridized carbons (Fsp3) is 0.333. The Morgan fingerprint density at radius 2 is 2.08 bits per heavy atom. The maximum absolute atomic E-state index is 12.5. The molecule has 2 aromatic rings. The molecular weight excluding hydrogens is 308 g/mol. The molecule has 6 nitrogen and oxygen atoms in total. The zero-order chi connectivity index (χ0) is 17.3. The second-order valence-corrected chi connectivity index (χ2v) is 6.04. The first-order chi connectivity index (χ1) is 11.5. The molecule has 0 bridgehead atoms. The van der Waals surface area contributed by atoms with E-state index in [4.69, 9.17) is 9.52 Å². The average Bonchev–Trinajstić information content (AvgIpc) is 3.11. The van der Waals surface area contributed by atoms with Crippen molar-refractivity contribution in [3.05, 3.63) is 53.0 Å². The number of carbonyl (C=O) groups excluding carboxylic acids is 1. The number of nitrogens with zero attached hydrogens (tertiary/aromatic N) is 2. The van der Waals surface area contributed by atoms with E-state index in [1.807, 2.05) is 18.2 Å². The molecule has 1 N–H and O–H groups in total. The minimum absolute atomic E-state index is 0.0300. The van der Waals surface area contributed by atoms with Gasteiger partial charge in [-0.25, -0.2) is 4.79 Å². The van der Waals surface area contributed by atoms with Crippen molar-refractivity contribution in [2.45, 2.75) is 19.9 Å². The predicted molar refractivity (Wildman–Crippen MR) is 89.2 cm³/mol. The Bertz CT molecular complexity index is 781. The number of furan rings is 1. The maximum atomic E-state index is 12.5. The summed E-state index contributed by atoms with van der Waals surface area (Å²) in [7, 11) is 1.70. The van der Waals surface area contributed by atoms with E-state index in [0.29, 0.717) is 18.1 Å². The number of fused-ring (bicyclic) bond motifs is 1. The number of para-hydroxylation sites is 1. The number of aromatic carboxylic acids is 1. The minimum Gasteiger partial charge on any atom is -0.478 e. The van der Waals surface area contributed by atoms with Gasteiger partial charge in [-0.05, 0) is 31.0 Å². The van der Waals surface area contributed by atoms with Gasteiger partial charge in [0, 0.05) is 19.3 Å². The van der Waals surface area contributed by atoms with Crippen LogP contribution in [0, 0.1) is 6.92 Å². The summed E-state index contributed by atoms with van der Waals surface area (Å²) >= 11 is 0. The van der Waals surface area contributed by atoms with Crippen molar-refractivity contribution in [1.29, 1.82) is 0 Å². The number of hydrogen-bond acceptors (Lipinski definition) is 4. The number of carbonyl (C=O) groups is 2. The quantitative estimate of drug-likeness (QED) is 0.912. The molecule has 0 spiro atoms. The molecule has 0 radical (unpaired) electrons. The summed E-state index contributed by atoms with van der Waals surface area (Å²) in [6.07, 6.45) is 0.951. The molecule has 1 aromatic carbocycles. The number of carboxylic acid groups (broad SMARTS) is 1. The van der Waals surface area contributed by atoms with Crippen LogP contribution in [0.25, 0.3) is 0 Å². The molecular formula is C18H20N2O4. The van der Waals surface area contributed by atoms with Crippen LogP contribution in [0.3, 0.4) is 0 Å². The Kier molecular flexibility index (Phi) is 4.29. The number of aryl methyl sites for hydroxylation is 1. The van der Waals surface area contributed by atoms with Crippen molar-refractivity contribution in [2.24, 2.45) is 0 Å². The zero-order valence-electron chi connectivity index (χ0n) is 13.8. The third-order valence-electron chi connectivity index (χ3n) is 4.33. The predicted octanol–water partition coefficient (Wildman–Crippen LogP) is 2.31. The summed E-state index contributed by atoms with van der Waals surface area (Å²) in [4.78, 5) is 27.2. The van der Waals surface area contributed by atoms with Crippen LogP contribution >= 0.6 is 0 Å². The van der Waals surface area contributed by atoms with Crippen molar-refractivity contribution in [3.8, 4) is 0 Å². The second-order valence-electron chi connectivity index (χ2n) is 6.04. The van der Waals surface area contributed by atoms with Gasteiger partial charge >= 0.3 is 5.97 Å². The van der Waals surface area contributed by atoms with E-state index < -0.39 is 5.97 Å². The molecule has 0 saturated heterocycles. The van der Waals surface area contributed by atoms with Gasteiger partial charge in [0.15, 0.2) is 0 Å². The maximum Gasteiger partial charge on any atom is 0.339 e. The van der Waals surface area contributed by atoms with Gasteiger partial charge in [-0.3, -0.25) is 4.79 Å². The van der Waals surface area contributed by atoms with Gasteiger partial charge in [0.05, 0.1) is 13.1 Å². The molecule has 0 saturated carbocycles. The Morgan fingerprint density at radius 1 is 1.33 bits per heavy atom. The smallest absolute Gasteiger partial charge is 0.339 e. The van der Waals surface area contributed by atoms with Crippen molar-refractivity contribution in [1.82, 2.24) is 4.90 Å². The molecule has 0 fully saturated rings. The fourth-order valence-corrected chi connectivity index (χ4v) is 3.01. The van der Waals surface area contributed by atoms with Crippen LogP contribution < -0.4 is 4.90 Å². The third-order valence-corrected chi connectivity index (χ3v) is 4.33. The molecule has 3 rings (SSSR count). The monoisotopic (exact) mass is 328 g/mol. The highest BCUT2D eigenvalue weighted by Gasteiger charge is 2.23. The van der Waals surface area contributed by atoms with Crippen molar-refractivity contribution in [3.63, 3.8) is 0 Å². The fourth-order valence-electron chi connectivity index (χ4n) is 3.01. The molecule has 6 heteroatoms. The first kappa shape index (κ1) is 16.1. The third kappa shape index (κ3) is 3.13. The van der Waals surface area contributed by atoms with Gasteiger partial charge in [-0.15, -0.1) is 0 Å². The van der Waals surface area contributed by atoms with Gasteiger partial charge < -0.3 is 19.3 Å². The molecule has 1 aromatic heterocycles. The first-order valence-electron chi connectivity index (χ1n) is 7.85. The molecule has 0 unspecified atom stereocenters. The second kappa shape index (κ2) is 6.39. The van der Waals surface area contributed by atoms with Crippen molar-refractivity contribution < 1.29 is 19.1 Å². The summed E-state index contributed by atoms with van der Waals surface area (Å²) in [6, 6.07) is 9.58. The lowest BCUT2D eigenvalue weighted by Crippen LogP contribution is -2.37. The lowest BCUT2D eigenvalue weighted by atomic mass is 10.2. The molecule has 126 valence electrons. The van der Waals surface area contributed by atoms with Crippen LogP contribution in [0.2, 0.25) is 0 Å². The molecule has 2 heterocycles. The van der Waals surface area contributed by atoms with Gasteiger partial charge in [0.25, 0.3) is 0 Å². The van der Waals surface area contributed by atoms with Gasteiger partial charge in [-0.2, -0.15) is 0 Å². The van der Waals surface area contributed by atoms with E-state index in [1.54, 1.807) is 18.9 Å². The first-order valence-corrected chi connectivity index (χ1v) is 7.85. The van der Waals surface area contributed by atoms with Crippen LogP contribution in [-0.4, -0.2) is 42.0 Å². The topological polar surface area (TPSA) is 74.0 Å². The van der Waals surface area contributed by atoms with Crippen molar-refractivity contribution in [2.75, 3.05) is 25.0 Å². The van der Waals surface area contributed by atoms with E-state index in [1.165, 1.54) is 11.6 Å². The van der Waals surface area contributed by atoms with E-state index in [-0.39, 0.29) is 18.0 Å². The Labute approximate surface area is 140 Å². The van der Waals surface area contributed by atoms with Crippen LogP contribution in [0.15, 0.2) is 34.7 Å². The lowest BCUT2D eigenvalue weighted by Gasteiger charge is -2.23. The van der Waals surface area contributed by atoms with Crippen LogP contribution in [0.1, 0.15) is 27.4 Å². The van der Waals surface area contributed by atoms with Crippen molar-refractivity contribution >= 4 is 17.6 Å². The number of likely N-dealkylation sites (N-methyl/N-ethyl adjacent to an activating group) is 1. The molecule has 0 aliphatic carbocycles. The molecule has 0 atom stereocenters. The molecule has 1 aliphatic rings. The van der Waals surface area contributed by atoms with Gasteiger partial charge in [0.1, 0.15) is 17.1 Å². The largest absolute Gasteiger partial charge is 0.478 e. The highest BCUT2D eigenvalue weighted by atomic mass is 16.4. The SMILES string of the molecule is Cc1oc(CN(C)C(=O)CN2CCc3ccccc32)cc1C(=O)O. The van der Waals surface area contributed by atoms with Crippen LogP contribution in [0.4, 0.5) is 5.69 Å². The number of rotatable bonds is 5. The van der Waals surface area contributed by atoms with Gasteiger partial charge in [-0.1, -0.05) is 18.2 Å². The van der Waals surface area contributed by atoms with E-state index in [0.717, 1.165) is 18.7 Å². The summed E-state index contributed by atoms with van der Waals surface area (Å²) in [5.41, 5.74) is 2.52. The summed E-state index contributed by atoms with van der Waals surface area (Å²) in [5.74, 6) is -0.225. The van der Waals surface area contributed by atoms with E-state index in [9.17, 15) is 9.59 Å². The molecule has 24 heavy (non-hydrogen) atoms. The van der Waals surface area contributed by atoms with Gasteiger partial charge in [0.2, 0.25) is 5.91 Å². The number of carboxylic acids is 1. The average molecular weight is 328 g/mol. The van der Waals surface area contributed by atoms with Crippen LogP contribution in [-0.2, 0) is 17.8 Å². The highest BCUT2D eigenvalue weighted by Crippen LogP contribution is 2.27. The number of hydrogen-bond donors (Lipinski definition) is 1. The number of amides is 1. The summed E-state index contributed by atoms with van der Waals surface area (Å²) in [5, 5.41) is 9.06. The van der Waals surface area contributed by atoms with E-state index >= 15 is 0 Å². The summed E-state index contributed by atoms with van der Waals surface area (Å²) < 4.78 is 5.43. The standard InChI is InChI=1S/C18H20N2O4/c1-12-15(18(22)23)9-14(24-12)10-19(2)17(21)11-20-8-7-13-5-3-4-6-16(13)20/h3-6,9H,7-8,10-11H2,1-2H3,(H,22,23). The lowest BCUT2D eigenvalue weighted by molar-refractivity contribution is -0.129. The Balaban J connectivity index is 1.64. The van der Waals surface area contributed by atoms with Crippen LogP contribution in [0.5, 0.6) is 0 Å². The number of anilines is 1. The Morgan fingerprint density at radius 3 is 2.79 bits per heavy atom. The normalized spacial score (nSPS) is 13.0. The molecule has 1 amide bonds. The zero-order valence-corrected chi connectivity index (χ0v) is 13.8. The number of benzene rings is 1. The summed E-state index contributed by atoms with van der Waals surface area (Å²) in [6.45, 7) is 3.00.